The summed E-state index contributed by atoms with van der Waals surface area (Å²) in [6.45, 7) is 0. The molecule has 0 saturated heterocycles. The van der Waals surface area contributed by atoms with E-state index in [1.165, 1.54) is 7.05 Å². The van der Waals surface area contributed by atoms with Gasteiger partial charge >= 0.3 is 71.2 Å². The first-order valence-electron chi connectivity index (χ1n) is 1.19. The molecule has 0 rings (SSSR count). The van der Waals surface area contributed by atoms with E-state index in [2.05, 4.69) is 5.73 Å². The summed E-state index contributed by atoms with van der Waals surface area (Å²) in [7, 11) is 1.50. The van der Waals surface area contributed by atoms with E-state index in [0.29, 0.717) is 0 Å². The Labute approximate surface area is 206 Å². The van der Waals surface area contributed by atoms with Crippen molar-refractivity contribution in [2.24, 2.45) is 5.73 Å². The number of hydrogen-bond donors (Lipinski definition) is 4. The van der Waals surface area contributed by atoms with Crippen molar-refractivity contribution in [2.45, 2.75) is 29.7 Å². The van der Waals surface area contributed by atoms with Crippen LogP contribution in [-0.2, 0) is 92.9 Å². The fraction of sp³-hybridized carbons (Fsp3) is 1.00. The fourth-order valence-corrected chi connectivity index (χ4v) is 0. The maximum absolute atomic E-state index is 8.25. The minimum absolute atomic E-state index is 0. The van der Waals surface area contributed by atoms with Crippen LogP contribution >= 0.6 is 0 Å². The first-order valence-corrected chi connectivity index (χ1v) is 3.10. The van der Waals surface area contributed by atoms with Crippen LogP contribution in [0.4, 0.5) is 42.3 Å². The Morgan fingerprint density at radius 3 is 0.407 bits per heavy atom. The Hall–Kier alpha value is 1.39. The maximum Gasteiger partial charge on any atom is 0 e. The standard InChI is InChI=1S/CH5N.4CH4.9FH.3H3N.2H2O.3O.4Ti/c1-2;;;;;;;;;;;;;;;;;;;;;;;;;/h2H2,1H3;4*1H4;9*1H;3*1H3;2*1H2;;;;;;;. The zero-order valence-electron chi connectivity index (χ0n) is 11.6. The van der Waals surface area contributed by atoms with Crippen molar-refractivity contribution >= 4 is 0 Å². The number of nitrogens with two attached hydrogens (primary N) is 1. The van der Waals surface area contributed by atoms with Gasteiger partial charge in [-0.1, -0.05) is 29.7 Å². The van der Waals surface area contributed by atoms with E-state index < -0.39 is 0 Å². The fourth-order valence-electron chi connectivity index (χ4n) is 0. The van der Waals surface area contributed by atoms with Gasteiger partial charge in [-0.25, -0.2) is 0 Å². The summed E-state index contributed by atoms with van der Waals surface area (Å²) in [6.07, 6.45) is 0. The maximum atomic E-state index is 8.25. The zero-order chi connectivity index (χ0) is 8.00. The van der Waals surface area contributed by atoms with Crippen molar-refractivity contribution in [3.8, 4) is 0 Å². The van der Waals surface area contributed by atoms with Gasteiger partial charge in [-0.2, -0.15) is 0 Å². The van der Waals surface area contributed by atoms with E-state index in [-0.39, 0.29) is 123 Å². The smallest absolute Gasteiger partial charge is 0 e. The van der Waals surface area contributed by atoms with Crippen molar-refractivity contribution in [3.63, 3.8) is 0 Å². The van der Waals surface area contributed by atoms with E-state index >= 15 is 0 Å². The summed E-state index contributed by atoms with van der Waals surface area (Å²) in [5.74, 6) is 0. The van der Waals surface area contributed by atoms with Gasteiger partial charge in [0.1, 0.15) is 0 Å². The van der Waals surface area contributed by atoms with Gasteiger partial charge in [-0.05, 0) is 7.05 Å². The monoisotopic (exact) mass is 602 g/mol. The van der Waals surface area contributed by atoms with E-state index in [9.17, 15) is 0 Å². The minimum Gasteiger partial charge on any atom is 0 e. The van der Waals surface area contributed by atoms with Gasteiger partial charge in [0.25, 0.3) is 0 Å². The summed E-state index contributed by atoms with van der Waals surface area (Å²) in [4.78, 5) is 0. The van der Waals surface area contributed by atoms with Crippen molar-refractivity contribution in [3.05, 3.63) is 0 Å². The van der Waals surface area contributed by atoms with E-state index in [4.69, 9.17) is 9.97 Å². The van der Waals surface area contributed by atoms with Crippen molar-refractivity contribution in [2.75, 3.05) is 7.05 Å². The summed E-state index contributed by atoms with van der Waals surface area (Å²) in [5, 5.41) is 0. The molecule has 0 heterocycles. The van der Waals surface area contributed by atoms with Crippen LogP contribution in [-0.4, -0.2) is 18.0 Å². The van der Waals surface area contributed by atoms with Crippen LogP contribution in [0.5, 0.6) is 0 Å². The van der Waals surface area contributed by atoms with Gasteiger partial charge in [0, 0.05) is 21.7 Å². The Morgan fingerprint density at radius 1 is 0.407 bits per heavy atom. The Kier molecular flexibility index (Phi) is 269000. The van der Waals surface area contributed by atoms with Crippen LogP contribution in [0.25, 0.3) is 0 Å². The summed E-state index contributed by atoms with van der Waals surface area (Å²) in [6, 6.07) is 0. The quantitative estimate of drug-likeness (QED) is 0.237. The molecule has 9 nitrogen and oxygen atoms in total. The van der Waals surface area contributed by atoms with Crippen molar-refractivity contribution < 1.29 is 146 Å². The predicted molar refractivity (Wildman–Crippen MR) is 83.9 cm³/mol. The molecule has 0 radical (unpaired) electrons. The molecule has 0 aromatic rings. The molecule has 0 saturated carbocycles. The normalized spacial score (nSPS) is 0.556. The average molecular weight is 602 g/mol. The molecule has 15 N–H and O–H groups in total. The van der Waals surface area contributed by atoms with E-state index in [1.54, 1.807) is 0 Å². The molecule has 0 aliphatic heterocycles. The van der Waals surface area contributed by atoms with Crippen molar-refractivity contribution in [1.29, 1.82) is 0 Å². The molecule has 0 aromatic heterocycles. The molecule has 0 spiro atoms. The predicted octanol–water partition coefficient (Wildman–Crippen LogP) is 1.96. The third-order valence-electron chi connectivity index (χ3n) is 0. The molecular formula is C5H43F9N4O5Ti4. The summed E-state index contributed by atoms with van der Waals surface area (Å²) in [5.41, 5.74) is 4.50. The molecule has 0 bridgehead atoms. The van der Waals surface area contributed by atoms with Gasteiger partial charge in [0.05, 0.1) is 0 Å². The Bertz CT molecular complexity index is 65.4. The van der Waals surface area contributed by atoms with E-state index in [1.807, 2.05) is 0 Å². The largest absolute Gasteiger partial charge is 0 e. The first kappa shape index (κ1) is 734. The van der Waals surface area contributed by atoms with Gasteiger partial charge in [0.2, 0.25) is 0 Å². The molecule has 0 unspecified atom stereocenters. The molecule has 0 aliphatic rings. The molecule has 0 aromatic carbocycles. The van der Waals surface area contributed by atoms with Gasteiger partial charge in [-0.3, -0.25) is 42.3 Å². The van der Waals surface area contributed by atoms with Crippen LogP contribution < -0.4 is 24.2 Å². The van der Waals surface area contributed by atoms with Gasteiger partial charge in [0.15, 0.2) is 0 Å². The van der Waals surface area contributed by atoms with Gasteiger partial charge < -0.3 is 35.1 Å². The Balaban J connectivity index is -0.000000000305. The number of rotatable bonds is 0. The Morgan fingerprint density at radius 2 is 0.407 bits per heavy atom. The molecule has 0 fully saturated rings. The molecule has 22 heteroatoms. The minimum atomic E-state index is 0. The number of hydrogen-bond acceptors (Lipinski definition) is 7. The van der Waals surface area contributed by atoms with Crippen LogP contribution in [0, 0.1) is 0 Å². The molecule has 192 valence electrons. The third kappa shape index (κ3) is 9170. The third-order valence-corrected chi connectivity index (χ3v) is 0. The van der Waals surface area contributed by atoms with Gasteiger partial charge in [-0.15, -0.1) is 0 Å². The molecular weight excluding hydrogens is 559 g/mol. The second kappa shape index (κ2) is 9910. The van der Waals surface area contributed by atoms with Crippen LogP contribution in [0.3, 0.4) is 0 Å². The summed E-state index contributed by atoms with van der Waals surface area (Å²) >= 11 is 2.25. The summed E-state index contributed by atoms with van der Waals surface area (Å²) < 4.78 is 24.8. The zero-order valence-corrected chi connectivity index (χ0v) is 17.8. The topological polar surface area (TPSA) is 245 Å². The second-order valence-electron chi connectivity index (χ2n) is 0. The SMILES string of the molecule is C.C.C.C.CN.F.F.F.F.F.F.F.F.F.N.N.N.O.O.[O]=[Ti].[O]=[Ti].[O]=[Ti].[Ti]. The molecule has 0 amide bonds. The van der Waals surface area contributed by atoms with Crippen molar-refractivity contribution in [1.82, 2.24) is 18.5 Å². The average Bonchev–Trinajstić information content (AvgIpc) is 2.03. The van der Waals surface area contributed by atoms with Crippen LogP contribution in [0.15, 0.2) is 0 Å². The molecule has 0 atom stereocenters. The van der Waals surface area contributed by atoms with Crippen LogP contribution in [0.1, 0.15) is 29.7 Å². The molecule has 27 heavy (non-hydrogen) atoms. The number of halogens is 9. The second-order valence-corrected chi connectivity index (χ2v) is 0. The first-order chi connectivity index (χ1) is 4.00. The van der Waals surface area contributed by atoms with Crippen LogP contribution in [0.2, 0.25) is 0 Å². The molecule has 0 aliphatic carbocycles. The van der Waals surface area contributed by atoms with E-state index in [0.717, 1.165) is 61.2 Å².